The first-order chi connectivity index (χ1) is 7.69. The molecule has 1 aliphatic heterocycles. The smallest absolute Gasteiger partial charge is 0.239 e. The quantitative estimate of drug-likeness (QED) is 0.705. The molecule has 0 aliphatic carbocycles. The Bertz CT molecular complexity index is 258. The highest BCUT2D eigenvalue weighted by atomic mass is 32.2. The predicted octanol–water partition coefficient (Wildman–Crippen LogP) is 0.355. The van der Waals surface area contributed by atoms with Crippen molar-refractivity contribution in [3.05, 3.63) is 0 Å². The van der Waals surface area contributed by atoms with E-state index in [2.05, 4.69) is 12.2 Å². The van der Waals surface area contributed by atoms with E-state index in [1.165, 1.54) is 0 Å². The summed E-state index contributed by atoms with van der Waals surface area (Å²) in [5, 5.41) is 3.25. The van der Waals surface area contributed by atoms with E-state index in [9.17, 15) is 9.00 Å². The van der Waals surface area contributed by atoms with Gasteiger partial charge in [-0.05, 0) is 19.4 Å². The van der Waals surface area contributed by atoms with Gasteiger partial charge in [-0.25, -0.2) is 0 Å². The van der Waals surface area contributed by atoms with Crippen molar-refractivity contribution in [1.82, 2.24) is 10.2 Å². The SMILES string of the molecule is CCCNC1CCN(CCS(=O)CC)C1=O. The zero-order chi connectivity index (χ0) is 12.0. The Kier molecular flexibility index (Phi) is 5.98. The third kappa shape index (κ3) is 3.87. The molecule has 1 fully saturated rings. The number of hydrogen-bond acceptors (Lipinski definition) is 3. The van der Waals surface area contributed by atoms with Gasteiger partial charge in [0.15, 0.2) is 0 Å². The van der Waals surface area contributed by atoms with Crippen LogP contribution in [0.15, 0.2) is 0 Å². The standard InChI is InChI=1S/C11H22N2O2S/c1-3-6-12-10-5-7-13(11(10)14)8-9-16(15)4-2/h10,12H,3-9H2,1-2H3. The van der Waals surface area contributed by atoms with Crippen molar-refractivity contribution >= 4 is 16.7 Å². The lowest BCUT2D eigenvalue weighted by Gasteiger charge is -2.16. The number of carbonyl (C=O) groups excluding carboxylic acids is 1. The highest BCUT2D eigenvalue weighted by Gasteiger charge is 2.30. The topological polar surface area (TPSA) is 49.4 Å². The summed E-state index contributed by atoms with van der Waals surface area (Å²) in [6, 6.07) is -0.00462. The lowest BCUT2D eigenvalue weighted by Crippen LogP contribution is -2.39. The fourth-order valence-corrected chi connectivity index (χ4v) is 2.54. The minimum absolute atomic E-state index is 0.00462. The maximum atomic E-state index is 11.9. The molecular weight excluding hydrogens is 224 g/mol. The Balaban J connectivity index is 2.30. The molecule has 0 bridgehead atoms. The van der Waals surface area contributed by atoms with Crippen molar-refractivity contribution in [1.29, 1.82) is 0 Å². The maximum Gasteiger partial charge on any atom is 0.239 e. The lowest BCUT2D eigenvalue weighted by molar-refractivity contribution is -0.129. The Morgan fingerprint density at radius 2 is 2.25 bits per heavy atom. The summed E-state index contributed by atoms with van der Waals surface area (Å²) in [7, 11) is -0.769. The number of nitrogens with zero attached hydrogens (tertiary/aromatic N) is 1. The third-order valence-corrected chi connectivity index (χ3v) is 4.13. The minimum Gasteiger partial charge on any atom is -0.340 e. The Morgan fingerprint density at radius 3 is 2.88 bits per heavy atom. The van der Waals surface area contributed by atoms with E-state index in [-0.39, 0.29) is 11.9 Å². The van der Waals surface area contributed by atoms with Gasteiger partial charge in [0.05, 0.1) is 6.04 Å². The fraction of sp³-hybridized carbons (Fsp3) is 0.909. The van der Waals surface area contributed by atoms with E-state index < -0.39 is 10.8 Å². The van der Waals surface area contributed by atoms with Gasteiger partial charge < -0.3 is 10.2 Å². The monoisotopic (exact) mass is 246 g/mol. The second-order valence-electron chi connectivity index (χ2n) is 4.05. The first-order valence-electron chi connectivity index (χ1n) is 6.06. The number of amides is 1. The first-order valence-corrected chi connectivity index (χ1v) is 7.55. The molecule has 1 saturated heterocycles. The summed E-state index contributed by atoms with van der Waals surface area (Å²) in [6.07, 6.45) is 1.93. The van der Waals surface area contributed by atoms with Crippen LogP contribution in [0.1, 0.15) is 26.7 Å². The molecule has 2 atom stereocenters. The average molecular weight is 246 g/mol. The predicted molar refractivity (Wildman–Crippen MR) is 66.8 cm³/mol. The van der Waals surface area contributed by atoms with Gasteiger partial charge in [0.25, 0.3) is 0 Å². The van der Waals surface area contributed by atoms with E-state index in [4.69, 9.17) is 0 Å². The van der Waals surface area contributed by atoms with Crippen molar-refractivity contribution in [3.63, 3.8) is 0 Å². The van der Waals surface area contributed by atoms with Crippen molar-refractivity contribution in [2.24, 2.45) is 0 Å². The van der Waals surface area contributed by atoms with Crippen LogP contribution in [-0.2, 0) is 15.6 Å². The molecule has 0 aromatic carbocycles. The lowest BCUT2D eigenvalue weighted by atomic mass is 10.2. The Hall–Kier alpha value is -0.420. The van der Waals surface area contributed by atoms with Crippen molar-refractivity contribution in [3.8, 4) is 0 Å². The second-order valence-corrected chi connectivity index (χ2v) is 5.92. The molecule has 0 saturated carbocycles. The van der Waals surface area contributed by atoms with Crippen LogP contribution in [0.3, 0.4) is 0 Å². The van der Waals surface area contributed by atoms with Crippen LogP contribution in [0.5, 0.6) is 0 Å². The second kappa shape index (κ2) is 7.01. The molecule has 2 unspecified atom stereocenters. The van der Waals surface area contributed by atoms with E-state index in [1.807, 2.05) is 11.8 Å². The van der Waals surface area contributed by atoms with Gasteiger partial charge in [0.1, 0.15) is 0 Å². The zero-order valence-electron chi connectivity index (χ0n) is 10.2. The summed E-state index contributed by atoms with van der Waals surface area (Å²) < 4.78 is 11.3. The maximum absolute atomic E-state index is 11.9. The number of rotatable bonds is 7. The highest BCUT2D eigenvalue weighted by molar-refractivity contribution is 7.84. The van der Waals surface area contributed by atoms with Gasteiger partial charge >= 0.3 is 0 Å². The molecule has 1 amide bonds. The largest absolute Gasteiger partial charge is 0.340 e. The zero-order valence-corrected chi connectivity index (χ0v) is 11.0. The number of hydrogen-bond donors (Lipinski definition) is 1. The molecule has 1 N–H and O–H groups in total. The molecule has 16 heavy (non-hydrogen) atoms. The van der Waals surface area contributed by atoms with Crippen LogP contribution in [-0.4, -0.2) is 52.2 Å². The van der Waals surface area contributed by atoms with Crippen molar-refractivity contribution in [2.45, 2.75) is 32.7 Å². The normalized spacial score (nSPS) is 22.8. The Labute approximate surface area is 100 Å². The van der Waals surface area contributed by atoms with Crippen molar-refractivity contribution < 1.29 is 9.00 Å². The van der Waals surface area contributed by atoms with Crippen LogP contribution < -0.4 is 5.32 Å². The van der Waals surface area contributed by atoms with E-state index in [0.717, 1.165) is 25.9 Å². The summed E-state index contributed by atoms with van der Waals surface area (Å²) in [4.78, 5) is 13.7. The number of nitrogens with one attached hydrogen (secondary N) is 1. The molecule has 0 aromatic rings. The van der Waals surface area contributed by atoms with Crippen LogP contribution in [0.25, 0.3) is 0 Å². The van der Waals surface area contributed by atoms with E-state index in [0.29, 0.717) is 18.1 Å². The van der Waals surface area contributed by atoms with Crippen LogP contribution in [0.4, 0.5) is 0 Å². The molecule has 94 valence electrons. The minimum atomic E-state index is -0.769. The van der Waals surface area contributed by atoms with E-state index >= 15 is 0 Å². The fourth-order valence-electron chi connectivity index (χ4n) is 1.83. The van der Waals surface area contributed by atoms with Crippen LogP contribution in [0.2, 0.25) is 0 Å². The van der Waals surface area contributed by atoms with Gasteiger partial charge in [-0.3, -0.25) is 9.00 Å². The summed E-state index contributed by atoms with van der Waals surface area (Å²) in [6.45, 7) is 6.35. The molecule has 0 radical (unpaired) electrons. The summed E-state index contributed by atoms with van der Waals surface area (Å²) >= 11 is 0. The van der Waals surface area contributed by atoms with Gasteiger partial charge in [-0.15, -0.1) is 0 Å². The highest BCUT2D eigenvalue weighted by Crippen LogP contribution is 2.10. The van der Waals surface area contributed by atoms with Gasteiger partial charge in [0.2, 0.25) is 5.91 Å². The van der Waals surface area contributed by atoms with Gasteiger partial charge in [-0.1, -0.05) is 13.8 Å². The van der Waals surface area contributed by atoms with Crippen LogP contribution >= 0.6 is 0 Å². The van der Waals surface area contributed by atoms with Crippen LogP contribution in [0, 0.1) is 0 Å². The molecule has 5 heteroatoms. The van der Waals surface area contributed by atoms with Crippen molar-refractivity contribution in [2.75, 3.05) is 31.1 Å². The molecule has 0 aromatic heterocycles. The van der Waals surface area contributed by atoms with Gasteiger partial charge in [-0.2, -0.15) is 0 Å². The number of carbonyl (C=O) groups is 1. The van der Waals surface area contributed by atoms with Gasteiger partial charge in [0, 0.05) is 35.4 Å². The Morgan fingerprint density at radius 1 is 1.50 bits per heavy atom. The summed E-state index contributed by atoms with van der Waals surface area (Å²) in [5.74, 6) is 1.48. The number of likely N-dealkylation sites (tertiary alicyclic amines) is 1. The summed E-state index contributed by atoms with van der Waals surface area (Å²) in [5.41, 5.74) is 0. The first kappa shape index (κ1) is 13.6. The molecule has 1 rings (SSSR count). The molecule has 4 nitrogen and oxygen atoms in total. The molecule has 0 spiro atoms. The third-order valence-electron chi connectivity index (χ3n) is 2.85. The average Bonchev–Trinajstić information content (AvgIpc) is 2.64. The molecule has 1 heterocycles. The molecule has 1 aliphatic rings. The van der Waals surface area contributed by atoms with E-state index in [1.54, 1.807) is 0 Å². The molecular formula is C11H22N2O2S.